The molecule has 0 amide bonds. The molecule has 0 saturated heterocycles. The zero-order valence-electron chi connectivity index (χ0n) is 9.45. The summed E-state index contributed by atoms with van der Waals surface area (Å²) in [5.74, 6) is 0.835. The third-order valence-electron chi connectivity index (χ3n) is 3.81. The minimum Gasteiger partial charge on any atom is -0.457 e. The van der Waals surface area contributed by atoms with Gasteiger partial charge in [-0.2, -0.15) is 0 Å². The third-order valence-corrected chi connectivity index (χ3v) is 3.81. The molecule has 3 nitrogen and oxygen atoms in total. The van der Waals surface area contributed by atoms with Crippen LogP contribution in [0.5, 0.6) is 0 Å². The Labute approximate surface area is 90.7 Å². The first-order valence-corrected chi connectivity index (χ1v) is 5.70. The van der Waals surface area contributed by atoms with E-state index in [0.717, 1.165) is 12.8 Å². The molecule has 0 aromatic carbocycles. The number of hydrogen-bond donors (Lipinski definition) is 1. The zero-order valence-corrected chi connectivity index (χ0v) is 9.45. The van der Waals surface area contributed by atoms with Crippen LogP contribution in [0.4, 0.5) is 0 Å². The Kier molecular flexibility index (Phi) is 2.59. The van der Waals surface area contributed by atoms with Crippen LogP contribution in [-0.2, 0) is 9.53 Å². The fourth-order valence-electron chi connectivity index (χ4n) is 3.04. The maximum Gasteiger partial charge on any atom is 0.303 e. The molecule has 1 saturated carbocycles. The van der Waals surface area contributed by atoms with Gasteiger partial charge in [0.05, 0.1) is 0 Å². The first kappa shape index (κ1) is 10.7. The predicted molar refractivity (Wildman–Crippen MR) is 58.1 cm³/mol. The molecular formula is C12H19NO2. The lowest BCUT2D eigenvalue weighted by Crippen LogP contribution is -2.58. The Hall–Kier alpha value is -0.830. The fourth-order valence-corrected chi connectivity index (χ4v) is 3.04. The van der Waals surface area contributed by atoms with Gasteiger partial charge in [0.1, 0.15) is 5.60 Å². The summed E-state index contributed by atoms with van der Waals surface area (Å²) in [6, 6.07) is 0. The lowest BCUT2D eigenvalue weighted by Gasteiger charge is -2.50. The van der Waals surface area contributed by atoms with Crippen LogP contribution in [0.15, 0.2) is 11.6 Å². The SMILES string of the molecule is CCC1=C[C@H]2[C@@H](C1)C[C@@]2(CN)OC(C)=O. The molecule has 0 aromatic rings. The van der Waals surface area contributed by atoms with Gasteiger partial charge in [-0.05, 0) is 25.2 Å². The van der Waals surface area contributed by atoms with E-state index in [0.29, 0.717) is 18.4 Å². The summed E-state index contributed by atoms with van der Waals surface area (Å²) in [6.07, 6.45) is 5.50. The topological polar surface area (TPSA) is 52.3 Å². The summed E-state index contributed by atoms with van der Waals surface area (Å²) in [4.78, 5) is 11.1. The van der Waals surface area contributed by atoms with E-state index in [-0.39, 0.29) is 11.6 Å². The van der Waals surface area contributed by atoms with Gasteiger partial charge in [0.2, 0.25) is 0 Å². The molecule has 84 valence electrons. The van der Waals surface area contributed by atoms with Crippen LogP contribution >= 0.6 is 0 Å². The highest BCUT2D eigenvalue weighted by Crippen LogP contribution is 2.54. The van der Waals surface area contributed by atoms with Crippen molar-refractivity contribution in [3.8, 4) is 0 Å². The average Bonchev–Trinajstić information content (AvgIpc) is 2.53. The van der Waals surface area contributed by atoms with Crippen LogP contribution in [0.3, 0.4) is 0 Å². The van der Waals surface area contributed by atoms with Crippen LogP contribution in [0.1, 0.15) is 33.1 Å². The highest BCUT2D eigenvalue weighted by Gasteiger charge is 2.56. The number of carbonyl (C=O) groups is 1. The van der Waals surface area contributed by atoms with Crippen molar-refractivity contribution in [3.05, 3.63) is 11.6 Å². The number of esters is 1. The summed E-state index contributed by atoms with van der Waals surface area (Å²) < 4.78 is 5.42. The smallest absolute Gasteiger partial charge is 0.303 e. The molecule has 0 spiro atoms. The average molecular weight is 209 g/mol. The quantitative estimate of drug-likeness (QED) is 0.567. The third kappa shape index (κ3) is 1.59. The van der Waals surface area contributed by atoms with Crippen molar-refractivity contribution in [2.75, 3.05) is 6.54 Å². The van der Waals surface area contributed by atoms with Gasteiger partial charge in [-0.3, -0.25) is 4.79 Å². The Morgan fingerprint density at radius 2 is 2.47 bits per heavy atom. The minimum atomic E-state index is -0.382. The molecule has 0 aromatic heterocycles. The fraction of sp³-hybridized carbons (Fsp3) is 0.750. The van der Waals surface area contributed by atoms with E-state index in [4.69, 9.17) is 10.5 Å². The largest absolute Gasteiger partial charge is 0.457 e. The number of allylic oxidation sites excluding steroid dienone is 1. The second-order valence-electron chi connectivity index (χ2n) is 4.74. The van der Waals surface area contributed by atoms with Crippen molar-refractivity contribution in [1.82, 2.24) is 0 Å². The Morgan fingerprint density at radius 1 is 1.73 bits per heavy atom. The molecular weight excluding hydrogens is 190 g/mol. The lowest BCUT2D eigenvalue weighted by atomic mass is 9.62. The monoisotopic (exact) mass is 209 g/mol. The molecule has 3 heteroatoms. The first-order valence-electron chi connectivity index (χ1n) is 5.70. The van der Waals surface area contributed by atoms with Crippen LogP contribution < -0.4 is 5.73 Å². The standard InChI is InChI=1S/C12H19NO2/c1-3-9-4-10-6-12(7-13,11(10)5-9)15-8(2)14/h5,10-11H,3-4,6-7,13H2,1-2H3/t10-,11-,12-/m0/s1. The Balaban J connectivity index is 2.11. The number of ether oxygens (including phenoxy) is 1. The molecule has 2 aliphatic carbocycles. The molecule has 0 unspecified atom stereocenters. The summed E-state index contributed by atoms with van der Waals surface area (Å²) >= 11 is 0. The van der Waals surface area contributed by atoms with Gasteiger partial charge in [-0.1, -0.05) is 18.6 Å². The molecule has 2 N–H and O–H groups in total. The molecule has 2 aliphatic rings. The second kappa shape index (κ2) is 3.63. The van der Waals surface area contributed by atoms with E-state index in [9.17, 15) is 4.79 Å². The number of carbonyl (C=O) groups excluding carboxylic acids is 1. The van der Waals surface area contributed by atoms with E-state index >= 15 is 0 Å². The summed E-state index contributed by atoms with van der Waals surface area (Å²) in [5.41, 5.74) is 6.86. The van der Waals surface area contributed by atoms with Crippen LogP contribution in [0.25, 0.3) is 0 Å². The van der Waals surface area contributed by atoms with E-state index in [1.54, 1.807) is 0 Å². The molecule has 0 heterocycles. The molecule has 0 radical (unpaired) electrons. The van der Waals surface area contributed by atoms with Gasteiger partial charge in [0.15, 0.2) is 0 Å². The van der Waals surface area contributed by atoms with E-state index < -0.39 is 0 Å². The van der Waals surface area contributed by atoms with Gasteiger partial charge in [-0.15, -0.1) is 0 Å². The van der Waals surface area contributed by atoms with Crippen molar-refractivity contribution < 1.29 is 9.53 Å². The Morgan fingerprint density at radius 3 is 3.00 bits per heavy atom. The predicted octanol–water partition coefficient (Wildman–Crippen LogP) is 1.62. The van der Waals surface area contributed by atoms with Crippen LogP contribution in [0.2, 0.25) is 0 Å². The van der Waals surface area contributed by atoms with Crippen molar-refractivity contribution in [2.45, 2.75) is 38.7 Å². The van der Waals surface area contributed by atoms with E-state index in [2.05, 4.69) is 13.0 Å². The van der Waals surface area contributed by atoms with Gasteiger partial charge < -0.3 is 10.5 Å². The highest BCUT2D eigenvalue weighted by atomic mass is 16.6. The van der Waals surface area contributed by atoms with Gasteiger partial charge in [0.25, 0.3) is 0 Å². The first-order chi connectivity index (χ1) is 7.11. The van der Waals surface area contributed by atoms with Crippen molar-refractivity contribution >= 4 is 5.97 Å². The number of rotatable bonds is 3. The van der Waals surface area contributed by atoms with Crippen LogP contribution in [0, 0.1) is 11.8 Å². The van der Waals surface area contributed by atoms with Crippen LogP contribution in [-0.4, -0.2) is 18.1 Å². The van der Waals surface area contributed by atoms with Gasteiger partial charge in [0, 0.05) is 19.4 Å². The van der Waals surface area contributed by atoms with Crippen molar-refractivity contribution in [2.24, 2.45) is 17.6 Å². The number of nitrogens with two attached hydrogens (primary N) is 1. The van der Waals surface area contributed by atoms with E-state index in [1.807, 2.05) is 0 Å². The molecule has 2 rings (SSSR count). The van der Waals surface area contributed by atoms with Crippen molar-refractivity contribution in [1.29, 1.82) is 0 Å². The van der Waals surface area contributed by atoms with Gasteiger partial charge in [-0.25, -0.2) is 0 Å². The Bertz CT molecular complexity index is 311. The minimum absolute atomic E-state index is 0.211. The molecule has 3 atom stereocenters. The molecule has 0 bridgehead atoms. The number of fused-ring (bicyclic) bond motifs is 1. The second-order valence-corrected chi connectivity index (χ2v) is 4.74. The normalized spacial score (nSPS) is 37.9. The van der Waals surface area contributed by atoms with E-state index in [1.165, 1.54) is 18.9 Å². The molecule has 1 fully saturated rings. The number of hydrogen-bond acceptors (Lipinski definition) is 3. The maximum atomic E-state index is 11.1. The van der Waals surface area contributed by atoms with Gasteiger partial charge >= 0.3 is 5.97 Å². The highest BCUT2D eigenvalue weighted by molar-refractivity contribution is 5.67. The summed E-state index contributed by atoms with van der Waals surface area (Å²) in [5, 5.41) is 0. The molecule has 0 aliphatic heterocycles. The molecule has 15 heavy (non-hydrogen) atoms. The summed E-state index contributed by atoms with van der Waals surface area (Å²) in [6.45, 7) is 4.08. The van der Waals surface area contributed by atoms with Crippen molar-refractivity contribution in [3.63, 3.8) is 0 Å². The summed E-state index contributed by atoms with van der Waals surface area (Å²) in [7, 11) is 0. The maximum absolute atomic E-state index is 11.1. The zero-order chi connectivity index (χ0) is 11.1. The lowest BCUT2D eigenvalue weighted by molar-refractivity contribution is -0.181.